The fourth-order valence-electron chi connectivity index (χ4n) is 7.43. The number of fused-ring (bicyclic) bond motifs is 2. The Balaban J connectivity index is 1.58. The molecular formula is C21H26N2O3. The smallest absolute Gasteiger partial charge is 0.252 e. The van der Waals surface area contributed by atoms with Gasteiger partial charge >= 0.3 is 0 Å². The van der Waals surface area contributed by atoms with E-state index in [0.29, 0.717) is 29.9 Å². The second-order valence-corrected chi connectivity index (χ2v) is 8.95. The van der Waals surface area contributed by atoms with Crippen molar-refractivity contribution in [1.29, 1.82) is 0 Å². The standard InChI is InChI=1S/C21H26N2O3/c1-12-14-9-22-7-6-21-16-4-2-3-5-17(16)23(19(25)10-24)20(21)15(11-26-12)13(14)8-18(21)22/h2-5,12-15,18,20,24H,6-11H2,1H3/t12-,13-,14-,15+,18-,20-,21+/m0/s1. The van der Waals surface area contributed by atoms with Crippen LogP contribution in [0.2, 0.25) is 0 Å². The molecule has 1 amide bonds. The maximum atomic E-state index is 12.9. The van der Waals surface area contributed by atoms with Crippen LogP contribution in [-0.4, -0.2) is 60.4 Å². The summed E-state index contributed by atoms with van der Waals surface area (Å²) in [5, 5.41) is 9.72. The van der Waals surface area contributed by atoms with Gasteiger partial charge in [-0.25, -0.2) is 0 Å². The lowest BCUT2D eigenvalue weighted by Gasteiger charge is -2.60. The molecule has 5 aliphatic rings. The van der Waals surface area contributed by atoms with E-state index in [-0.39, 0.29) is 17.4 Å². The van der Waals surface area contributed by atoms with Crippen LogP contribution in [0.5, 0.6) is 0 Å². The summed E-state index contributed by atoms with van der Waals surface area (Å²) >= 11 is 0. The number of piperidine rings is 1. The largest absolute Gasteiger partial charge is 0.387 e. The molecule has 4 fully saturated rings. The number of aliphatic hydroxyl groups excluding tert-OH is 1. The van der Waals surface area contributed by atoms with E-state index in [0.717, 1.165) is 31.8 Å². The highest BCUT2D eigenvalue weighted by molar-refractivity contribution is 5.98. The zero-order valence-corrected chi connectivity index (χ0v) is 15.2. The van der Waals surface area contributed by atoms with Crippen molar-refractivity contribution in [3.05, 3.63) is 29.8 Å². The lowest BCUT2D eigenvalue weighted by Crippen LogP contribution is -2.69. The van der Waals surface area contributed by atoms with Crippen LogP contribution in [0.15, 0.2) is 24.3 Å². The van der Waals surface area contributed by atoms with Gasteiger partial charge in [0.25, 0.3) is 5.91 Å². The van der Waals surface area contributed by atoms with E-state index in [2.05, 4.69) is 30.0 Å². The molecule has 3 saturated heterocycles. The van der Waals surface area contributed by atoms with Crippen LogP contribution in [0.1, 0.15) is 25.3 Å². The van der Waals surface area contributed by atoms with E-state index in [1.807, 2.05) is 11.0 Å². The van der Waals surface area contributed by atoms with Crippen molar-refractivity contribution in [1.82, 2.24) is 4.90 Å². The highest BCUT2D eigenvalue weighted by Gasteiger charge is 2.69. The third kappa shape index (κ3) is 1.62. The van der Waals surface area contributed by atoms with Crippen LogP contribution >= 0.6 is 0 Å². The first kappa shape index (κ1) is 15.6. The molecule has 5 nitrogen and oxygen atoms in total. The fourth-order valence-corrected chi connectivity index (χ4v) is 7.43. The molecule has 1 spiro atoms. The van der Waals surface area contributed by atoms with Gasteiger partial charge in [-0.05, 0) is 43.9 Å². The van der Waals surface area contributed by atoms with E-state index >= 15 is 0 Å². The van der Waals surface area contributed by atoms with Gasteiger partial charge in [0, 0.05) is 35.5 Å². The molecule has 5 heteroatoms. The first-order chi connectivity index (χ1) is 12.7. The number of ether oxygens (including phenoxy) is 1. The minimum Gasteiger partial charge on any atom is -0.387 e. The fraction of sp³-hybridized carbons (Fsp3) is 0.667. The second kappa shape index (κ2) is 5.09. The Labute approximate surface area is 153 Å². The Hall–Kier alpha value is -1.43. The number of hydrogen-bond acceptors (Lipinski definition) is 4. The molecule has 1 aromatic carbocycles. The molecule has 26 heavy (non-hydrogen) atoms. The third-order valence-electron chi connectivity index (χ3n) is 8.32. The number of nitrogens with zero attached hydrogens (tertiary/aromatic N) is 2. The van der Waals surface area contributed by atoms with Crippen LogP contribution in [0.4, 0.5) is 5.69 Å². The quantitative estimate of drug-likeness (QED) is 0.828. The Morgan fingerprint density at radius 1 is 1.31 bits per heavy atom. The number of para-hydroxylation sites is 1. The van der Waals surface area contributed by atoms with Crippen molar-refractivity contribution in [3.8, 4) is 0 Å². The number of carbonyl (C=O) groups is 1. The molecule has 1 aromatic rings. The van der Waals surface area contributed by atoms with Gasteiger partial charge in [-0.2, -0.15) is 0 Å². The Morgan fingerprint density at radius 2 is 2.15 bits per heavy atom. The first-order valence-electron chi connectivity index (χ1n) is 10.0. The highest BCUT2D eigenvalue weighted by Crippen LogP contribution is 2.64. The summed E-state index contributed by atoms with van der Waals surface area (Å²) in [6, 6.07) is 9.08. The van der Waals surface area contributed by atoms with Crippen molar-refractivity contribution in [2.75, 3.05) is 31.2 Å². The average Bonchev–Trinajstić information content (AvgIpc) is 3.20. The van der Waals surface area contributed by atoms with Gasteiger partial charge in [-0.1, -0.05) is 18.2 Å². The number of amides is 1. The van der Waals surface area contributed by atoms with E-state index in [1.165, 1.54) is 12.0 Å². The van der Waals surface area contributed by atoms with E-state index in [1.54, 1.807) is 0 Å². The molecule has 138 valence electrons. The van der Waals surface area contributed by atoms with E-state index < -0.39 is 6.61 Å². The van der Waals surface area contributed by atoms with E-state index in [9.17, 15) is 9.90 Å². The molecule has 1 aliphatic carbocycles. The third-order valence-corrected chi connectivity index (χ3v) is 8.32. The first-order valence-corrected chi connectivity index (χ1v) is 10.0. The van der Waals surface area contributed by atoms with Crippen molar-refractivity contribution in [2.24, 2.45) is 17.8 Å². The number of aliphatic hydroxyl groups is 1. The summed E-state index contributed by atoms with van der Waals surface area (Å²) in [7, 11) is 0. The lowest BCUT2D eigenvalue weighted by molar-refractivity contribution is -0.154. The lowest BCUT2D eigenvalue weighted by atomic mass is 9.53. The Morgan fingerprint density at radius 3 is 3.00 bits per heavy atom. The van der Waals surface area contributed by atoms with Crippen molar-refractivity contribution < 1.29 is 14.6 Å². The summed E-state index contributed by atoms with van der Waals surface area (Å²) < 4.78 is 6.24. The molecule has 4 aliphatic heterocycles. The Bertz CT molecular complexity index is 782. The zero-order chi connectivity index (χ0) is 17.6. The molecule has 2 bridgehead atoms. The average molecular weight is 354 g/mol. The van der Waals surface area contributed by atoms with Gasteiger partial charge in [0.15, 0.2) is 0 Å². The summed E-state index contributed by atoms with van der Waals surface area (Å²) in [6.07, 6.45) is 2.64. The second-order valence-electron chi connectivity index (χ2n) is 8.95. The van der Waals surface area contributed by atoms with Crippen LogP contribution in [-0.2, 0) is 14.9 Å². The monoisotopic (exact) mass is 354 g/mol. The predicted molar refractivity (Wildman–Crippen MR) is 97.0 cm³/mol. The zero-order valence-electron chi connectivity index (χ0n) is 15.2. The van der Waals surface area contributed by atoms with Gasteiger partial charge in [0.1, 0.15) is 6.61 Å². The van der Waals surface area contributed by atoms with Crippen LogP contribution in [0.3, 0.4) is 0 Å². The number of anilines is 1. The maximum Gasteiger partial charge on any atom is 0.252 e. The van der Waals surface area contributed by atoms with E-state index in [4.69, 9.17) is 4.74 Å². The molecule has 1 saturated carbocycles. The summed E-state index contributed by atoms with van der Waals surface area (Å²) in [5.74, 6) is 1.40. The molecule has 1 N–H and O–H groups in total. The minimum atomic E-state index is -0.423. The van der Waals surface area contributed by atoms with Crippen LogP contribution in [0.25, 0.3) is 0 Å². The molecular weight excluding hydrogens is 328 g/mol. The van der Waals surface area contributed by atoms with Gasteiger partial charge in [-0.15, -0.1) is 0 Å². The van der Waals surface area contributed by atoms with Crippen LogP contribution in [0, 0.1) is 17.8 Å². The molecule has 0 radical (unpaired) electrons. The molecule has 0 aromatic heterocycles. The number of benzene rings is 1. The summed E-state index contributed by atoms with van der Waals surface area (Å²) in [5.41, 5.74) is 2.37. The molecule has 6 rings (SSSR count). The topological polar surface area (TPSA) is 53.0 Å². The SMILES string of the molecule is C[C@@H]1OC[C@@H]2[C@H]3C[C@@H]4N(CC[C@@]45c4ccccc4N(C(=O)CO)[C@@H]25)C[C@H]31. The van der Waals surface area contributed by atoms with Crippen LogP contribution < -0.4 is 4.90 Å². The number of carbonyl (C=O) groups excluding carboxylic acids is 1. The molecule has 0 unspecified atom stereocenters. The number of hydrogen-bond donors (Lipinski definition) is 1. The van der Waals surface area contributed by atoms with Gasteiger partial charge in [0.05, 0.1) is 18.8 Å². The normalized spacial score (nSPS) is 45.4. The van der Waals surface area contributed by atoms with Crippen molar-refractivity contribution >= 4 is 11.6 Å². The summed E-state index contributed by atoms with van der Waals surface area (Å²) in [6.45, 7) is 4.79. The number of rotatable bonds is 1. The van der Waals surface area contributed by atoms with Gasteiger partial charge < -0.3 is 14.7 Å². The molecule has 4 heterocycles. The Kier molecular flexibility index (Phi) is 3.06. The van der Waals surface area contributed by atoms with Crippen molar-refractivity contribution in [3.63, 3.8) is 0 Å². The molecule has 7 atom stereocenters. The maximum absolute atomic E-state index is 12.9. The van der Waals surface area contributed by atoms with Crippen molar-refractivity contribution in [2.45, 2.75) is 43.4 Å². The minimum absolute atomic E-state index is 0.0114. The van der Waals surface area contributed by atoms with Gasteiger partial charge in [-0.3, -0.25) is 9.69 Å². The van der Waals surface area contributed by atoms with Gasteiger partial charge in [0.2, 0.25) is 0 Å². The highest BCUT2D eigenvalue weighted by atomic mass is 16.5. The predicted octanol–water partition coefficient (Wildman–Crippen LogP) is 1.39. The summed E-state index contributed by atoms with van der Waals surface area (Å²) in [4.78, 5) is 17.5.